The fourth-order valence-corrected chi connectivity index (χ4v) is 2.34. The normalized spacial score (nSPS) is 22.1. The lowest BCUT2D eigenvalue weighted by Crippen LogP contribution is -2.54. The van der Waals surface area contributed by atoms with Crippen molar-refractivity contribution in [3.05, 3.63) is 35.9 Å². The number of piperidine rings is 1. The average Bonchev–Trinajstić information content (AvgIpc) is 2.40. The third-order valence-electron chi connectivity index (χ3n) is 3.78. The Balaban J connectivity index is 1.87. The number of carbonyl (C=O) groups is 1. The molecule has 2 rings (SSSR count). The molecule has 4 heteroatoms. The molecule has 1 heterocycles. The molecule has 1 aromatic carbocycles. The lowest BCUT2D eigenvalue weighted by molar-refractivity contribution is 0.0545. The van der Waals surface area contributed by atoms with E-state index in [4.69, 9.17) is 10.5 Å². The minimum Gasteiger partial charge on any atom is -0.445 e. The lowest BCUT2D eigenvalue weighted by atomic mass is 9.80. The van der Waals surface area contributed by atoms with Gasteiger partial charge < -0.3 is 15.4 Å². The molecule has 1 aliphatic rings. The number of ether oxygens (including phenoxy) is 1. The molecule has 19 heavy (non-hydrogen) atoms. The molecule has 0 spiro atoms. The molecule has 0 bridgehead atoms. The summed E-state index contributed by atoms with van der Waals surface area (Å²) in [5.74, 6) is 0. The maximum atomic E-state index is 12.0. The van der Waals surface area contributed by atoms with E-state index in [0.717, 1.165) is 12.0 Å². The monoisotopic (exact) mass is 262 g/mol. The summed E-state index contributed by atoms with van der Waals surface area (Å²) in [7, 11) is 0. The molecule has 1 fully saturated rings. The molecule has 0 aromatic heterocycles. The van der Waals surface area contributed by atoms with Crippen molar-refractivity contribution in [1.29, 1.82) is 0 Å². The Bertz CT molecular complexity index is 431. The van der Waals surface area contributed by atoms with E-state index >= 15 is 0 Å². The van der Waals surface area contributed by atoms with Gasteiger partial charge >= 0.3 is 6.09 Å². The van der Waals surface area contributed by atoms with Crippen molar-refractivity contribution in [3.8, 4) is 0 Å². The number of nitrogens with two attached hydrogens (primary N) is 1. The van der Waals surface area contributed by atoms with E-state index in [2.05, 4.69) is 13.8 Å². The van der Waals surface area contributed by atoms with E-state index in [1.54, 1.807) is 4.90 Å². The Morgan fingerprint density at radius 1 is 1.42 bits per heavy atom. The van der Waals surface area contributed by atoms with Crippen molar-refractivity contribution in [2.45, 2.75) is 32.9 Å². The van der Waals surface area contributed by atoms with Gasteiger partial charge in [0.05, 0.1) is 0 Å². The van der Waals surface area contributed by atoms with Gasteiger partial charge in [-0.2, -0.15) is 0 Å². The van der Waals surface area contributed by atoms with Crippen molar-refractivity contribution in [2.75, 3.05) is 13.1 Å². The summed E-state index contributed by atoms with van der Waals surface area (Å²) < 4.78 is 5.34. The zero-order valence-corrected chi connectivity index (χ0v) is 11.6. The summed E-state index contributed by atoms with van der Waals surface area (Å²) >= 11 is 0. The first-order valence-electron chi connectivity index (χ1n) is 6.70. The second-order valence-electron chi connectivity index (χ2n) is 5.85. The molecule has 4 nitrogen and oxygen atoms in total. The Morgan fingerprint density at radius 3 is 2.74 bits per heavy atom. The Labute approximate surface area is 114 Å². The predicted octanol–water partition coefficient (Wildman–Crippen LogP) is 2.38. The summed E-state index contributed by atoms with van der Waals surface area (Å²) in [6.07, 6.45) is 0.580. The van der Waals surface area contributed by atoms with E-state index in [-0.39, 0.29) is 17.6 Å². The summed E-state index contributed by atoms with van der Waals surface area (Å²) in [5.41, 5.74) is 7.01. The molecule has 0 unspecified atom stereocenters. The summed E-state index contributed by atoms with van der Waals surface area (Å²) in [6, 6.07) is 9.86. The first kappa shape index (κ1) is 13.9. The van der Waals surface area contributed by atoms with Gasteiger partial charge in [-0.3, -0.25) is 0 Å². The topological polar surface area (TPSA) is 55.6 Å². The molecular formula is C15H22N2O2. The fourth-order valence-electron chi connectivity index (χ4n) is 2.34. The van der Waals surface area contributed by atoms with Crippen molar-refractivity contribution in [3.63, 3.8) is 0 Å². The number of likely N-dealkylation sites (tertiary alicyclic amines) is 1. The van der Waals surface area contributed by atoms with Crippen LogP contribution in [0.1, 0.15) is 25.8 Å². The minimum absolute atomic E-state index is 0.0516. The van der Waals surface area contributed by atoms with Crippen molar-refractivity contribution in [2.24, 2.45) is 11.1 Å². The van der Waals surface area contributed by atoms with Crippen LogP contribution in [0.15, 0.2) is 30.3 Å². The zero-order chi connectivity index (χ0) is 13.9. The summed E-state index contributed by atoms with van der Waals surface area (Å²) in [5, 5.41) is 0. The van der Waals surface area contributed by atoms with Gasteiger partial charge in [-0.05, 0) is 17.4 Å². The molecule has 0 radical (unpaired) electrons. The van der Waals surface area contributed by atoms with E-state index in [1.165, 1.54) is 0 Å². The predicted molar refractivity (Wildman–Crippen MR) is 74.6 cm³/mol. The van der Waals surface area contributed by atoms with Crippen LogP contribution in [-0.4, -0.2) is 30.1 Å². The van der Waals surface area contributed by atoms with Gasteiger partial charge in [0, 0.05) is 19.1 Å². The van der Waals surface area contributed by atoms with Crippen molar-refractivity contribution < 1.29 is 9.53 Å². The van der Waals surface area contributed by atoms with Gasteiger partial charge in [-0.1, -0.05) is 44.2 Å². The van der Waals surface area contributed by atoms with Crippen LogP contribution >= 0.6 is 0 Å². The molecule has 2 N–H and O–H groups in total. The second-order valence-corrected chi connectivity index (χ2v) is 5.85. The molecule has 1 saturated heterocycles. The smallest absolute Gasteiger partial charge is 0.410 e. The Kier molecular flexibility index (Phi) is 4.10. The minimum atomic E-state index is -0.246. The SMILES string of the molecule is CC1(C)CN(C(=O)OCc2ccccc2)CC[C@H]1N. The largest absolute Gasteiger partial charge is 0.445 e. The average molecular weight is 262 g/mol. The number of carbonyl (C=O) groups excluding carboxylic acids is 1. The number of hydrogen-bond acceptors (Lipinski definition) is 3. The third-order valence-corrected chi connectivity index (χ3v) is 3.78. The highest BCUT2D eigenvalue weighted by Gasteiger charge is 2.35. The van der Waals surface area contributed by atoms with Crippen molar-refractivity contribution in [1.82, 2.24) is 4.90 Å². The van der Waals surface area contributed by atoms with Crippen LogP contribution in [0.3, 0.4) is 0 Å². The van der Waals surface area contributed by atoms with Gasteiger partial charge in [0.2, 0.25) is 0 Å². The van der Waals surface area contributed by atoms with Crippen LogP contribution in [0.2, 0.25) is 0 Å². The van der Waals surface area contributed by atoms with E-state index < -0.39 is 0 Å². The molecule has 1 aliphatic heterocycles. The first-order chi connectivity index (χ1) is 8.99. The van der Waals surface area contributed by atoms with Gasteiger partial charge in [-0.15, -0.1) is 0 Å². The van der Waals surface area contributed by atoms with Crippen LogP contribution in [0.5, 0.6) is 0 Å². The molecule has 1 amide bonds. The van der Waals surface area contributed by atoms with Crippen LogP contribution < -0.4 is 5.73 Å². The number of nitrogens with zero attached hydrogens (tertiary/aromatic N) is 1. The maximum absolute atomic E-state index is 12.0. The second kappa shape index (κ2) is 5.61. The molecule has 104 valence electrons. The quantitative estimate of drug-likeness (QED) is 0.890. The first-order valence-corrected chi connectivity index (χ1v) is 6.70. The third kappa shape index (κ3) is 3.47. The number of rotatable bonds is 2. The van der Waals surface area contributed by atoms with Gasteiger partial charge in [0.15, 0.2) is 0 Å². The van der Waals surface area contributed by atoms with Gasteiger partial charge in [0.25, 0.3) is 0 Å². The van der Waals surface area contributed by atoms with Crippen LogP contribution in [0.4, 0.5) is 4.79 Å². The summed E-state index contributed by atoms with van der Waals surface area (Å²) in [6.45, 7) is 5.84. The summed E-state index contributed by atoms with van der Waals surface area (Å²) in [4.78, 5) is 13.8. The van der Waals surface area contributed by atoms with Gasteiger partial charge in [-0.25, -0.2) is 4.79 Å². The molecule has 0 aliphatic carbocycles. The highest BCUT2D eigenvalue weighted by atomic mass is 16.6. The van der Waals surface area contributed by atoms with Crippen LogP contribution in [-0.2, 0) is 11.3 Å². The maximum Gasteiger partial charge on any atom is 0.410 e. The molecular weight excluding hydrogens is 240 g/mol. The lowest BCUT2D eigenvalue weighted by Gasteiger charge is -2.41. The van der Waals surface area contributed by atoms with E-state index in [9.17, 15) is 4.79 Å². The zero-order valence-electron chi connectivity index (χ0n) is 11.6. The fraction of sp³-hybridized carbons (Fsp3) is 0.533. The van der Waals surface area contributed by atoms with Crippen LogP contribution in [0, 0.1) is 5.41 Å². The Hall–Kier alpha value is -1.55. The number of hydrogen-bond donors (Lipinski definition) is 1. The number of benzene rings is 1. The molecule has 1 atom stereocenters. The van der Waals surface area contributed by atoms with Crippen LogP contribution in [0.25, 0.3) is 0 Å². The van der Waals surface area contributed by atoms with E-state index in [1.807, 2.05) is 30.3 Å². The molecule has 1 aromatic rings. The van der Waals surface area contributed by atoms with E-state index in [0.29, 0.717) is 19.7 Å². The van der Waals surface area contributed by atoms with Gasteiger partial charge in [0.1, 0.15) is 6.61 Å². The Morgan fingerprint density at radius 2 is 2.11 bits per heavy atom. The number of amides is 1. The van der Waals surface area contributed by atoms with Crippen molar-refractivity contribution >= 4 is 6.09 Å². The standard InChI is InChI=1S/C15H22N2O2/c1-15(2)11-17(9-8-13(15)16)14(18)19-10-12-6-4-3-5-7-12/h3-7,13H,8-11,16H2,1-2H3/t13-/m1/s1. The highest BCUT2D eigenvalue weighted by Crippen LogP contribution is 2.28. The molecule has 0 saturated carbocycles. The highest BCUT2D eigenvalue weighted by molar-refractivity contribution is 5.67.